The molecule has 0 fully saturated rings. The standard InChI is InChI=1S/C20H17FN4O2/c1-12-9-14(21)3-4-16(12)24-11-25(17-5-6-19(26)23-13(17)2)20(27)15-7-8-22-10-18(15)24/h3-10H,11H2,1-2H3,(H,23,26). The molecule has 0 spiro atoms. The van der Waals surface area contributed by atoms with E-state index in [9.17, 15) is 14.0 Å². The maximum atomic E-state index is 13.6. The van der Waals surface area contributed by atoms with Gasteiger partial charge < -0.3 is 9.88 Å². The molecule has 3 aromatic rings. The van der Waals surface area contributed by atoms with Crippen molar-refractivity contribution in [2.24, 2.45) is 0 Å². The molecule has 0 aliphatic carbocycles. The molecule has 1 aromatic carbocycles. The van der Waals surface area contributed by atoms with Crippen molar-refractivity contribution in [1.82, 2.24) is 9.97 Å². The van der Waals surface area contributed by atoms with Gasteiger partial charge in [-0.25, -0.2) is 4.39 Å². The highest BCUT2D eigenvalue weighted by Gasteiger charge is 2.32. The predicted octanol–water partition coefficient (Wildman–Crippen LogP) is 3.28. The van der Waals surface area contributed by atoms with Gasteiger partial charge in [-0.2, -0.15) is 0 Å². The molecule has 0 bridgehead atoms. The number of aryl methyl sites for hydroxylation is 2. The van der Waals surface area contributed by atoms with Crippen molar-refractivity contribution in [3.05, 3.63) is 81.8 Å². The van der Waals surface area contributed by atoms with Gasteiger partial charge >= 0.3 is 0 Å². The van der Waals surface area contributed by atoms with Crippen molar-refractivity contribution in [2.75, 3.05) is 16.5 Å². The molecule has 0 unspecified atom stereocenters. The van der Waals surface area contributed by atoms with Gasteiger partial charge in [-0.1, -0.05) is 0 Å². The van der Waals surface area contributed by atoms with E-state index in [1.165, 1.54) is 18.2 Å². The smallest absolute Gasteiger partial charge is 0.262 e. The Morgan fingerprint density at radius 2 is 1.78 bits per heavy atom. The zero-order valence-electron chi connectivity index (χ0n) is 14.9. The van der Waals surface area contributed by atoms with E-state index in [2.05, 4.69) is 9.97 Å². The lowest BCUT2D eigenvalue weighted by molar-refractivity contribution is 0.0983. The Kier molecular flexibility index (Phi) is 3.99. The number of nitrogens with one attached hydrogen (secondary N) is 1. The largest absolute Gasteiger partial charge is 0.324 e. The molecule has 7 heteroatoms. The first-order valence-electron chi connectivity index (χ1n) is 8.45. The van der Waals surface area contributed by atoms with Crippen LogP contribution in [0.4, 0.5) is 21.5 Å². The van der Waals surface area contributed by atoms with Crippen molar-refractivity contribution in [1.29, 1.82) is 0 Å². The van der Waals surface area contributed by atoms with E-state index in [4.69, 9.17) is 0 Å². The topological polar surface area (TPSA) is 69.3 Å². The summed E-state index contributed by atoms with van der Waals surface area (Å²) in [5.41, 5.74) is 3.68. The van der Waals surface area contributed by atoms with Crippen LogP contribution in [-0.4, -0.2) is 22.5 Å². The lowest BCUT2D eigenvalue weighted by Gasteiger charge is -2.38. The lowest BCUT2D eigenvalue weighted by atomic mass is 10.1. The Morgan fingerprint density at radius 3 is 2.52 bits per heavy atom. The van der Waals surface area contributed by atoms with Crippen LogP contribution in [-0.2, 0) is 0 Å². The average molecular weight is 364 g/mol. The minimum Gasteiger partial charge on any atom is -0.324 e. The lowest BCUT2D eigenvalue weighted by Crippen LogP contribution is -2.45. The van der Waals surface area contributed by atoms with Crippen LogP contribution >= 0.6 is 0 Å². The number of carbonyl (C=O) groups excluding carboxylic acids is 1. The van der Waals surface area contributed by atoms with Crippen LogP contribution in [0.5, 0.6) is 0 Å². The number of rotatable bonds is 2. The van der Waals surface area contributed by atoms with Crippen molar-refractivity contribution in [3.8, 4) is 0 Å². The molecule has 6 nitrogen and oxygen atoms in total. The molecule has 3 heterocycles. The quantitative estimate of drug-likeness (QED) is 0.758. The fourth-order valence-electron chi connectivity index (χ4n) is 3.39. The van der Waals surface area contributed by atoms with Crippen molar-refractivity contribution >= 4 is 23.0 Å². The summed E-state index contributed by atoms with van der Waals surface area (Å²) in [6.07, 6.45) is 3.20. The van der Waals surface area contributed by atoms with Crippen LogP contribution in [0.25, 0.3) is 0 Å². The third-order valence-electron chi connectivity index (χ3n) is 4.68. The monoisotopic (exact) mass is 364 g/mol. The average Bonchev–Trinajstić information content (AvgIpc) is 2.64. The molecule has 1 amide bonds. The third kappa shape index (κ3) is 2.87. The van der Waals surface area contributed by atoms with Crippen molar-refractivity contribution in [3.63, 3.8) is 0 Å². The van der Waals surface area contributed by atoms with Gasteiger partial charge in [-0.3, -0.25) is 19.5 Å². The summed E-state index contributed by atoms with van der Waals surface area (Å²) >= 11 is 0. The van der Waals surface area contributed by atoms with E-state index in [0.29, 0.717) is 22.6 Å². The number of anilines is 3. The highest BCUT2D eigenvalue weighted by Crippen LogP contribution is 2.36. The minimum absolute atomic E-state index is 0.182. The molecule has 136 valence electrons. The molecule has 1 aliphatic rings. The van der Waals surface area contributed by atoms with Crippen molar-refractivity contribution < 1.29 is 9.18 Å². The number of amides is 1. The van der Waals surface area contributed by atoms with Gasteiger partial charge in [-0.15, -0.1) is 0 Å². The highest BCUT2D eigenvalue weighted by atomic mass is 19.1. The second-order valence-corrected chi connectivity index (χ2v) is 6.46. The molecule has 2 aromatic heterocycles. The van der Waals surface area contributed by atoms with Crippen LogP contribution in [0, 0.1) is 19.7 Å². The fourth-order valence-corrected chi connectivity index (χ4v) is 3.39. The number of pyridine rings is 2. The van der Waals surface area contributed by atoms with Gasteiger partial charge in [0.2, 0.25) is 5.56 Å². The number of aromatic nitrogens is 2. The second-order valence-electron chi connectivity index (χ2n) is 6.46. The number of aromatic amines is 1. The summed E-state index contributed by atoms with van der Waals surface area (Å²) in [6, 6.07) is 9.23. The zero-order valence-corrected chi connectivity index (χ0v) is 14.9. The number of hydrogen-bond acceptors (Lipinski definition) is 4. The van der Waals surface area contributed by atoms with E-state index in [-0.39, 0.29) is 24.0 Å². The summed E-state index contributed by atoms with van der Waals surface area (Å²) in [4.78, 5) is 35.0. The number of carbonyl (C=O) groups is 1. The van der Waals surface area contributed by atoms with Gasteiger partial charge in [0.25, 0.3) is 5.91 Å². The SMILES string of the molecule is Cc1cc(F)ccc1N1CN(c2ccc(=O)[nH]c2C)C(=O)c2ccncc21. The summed E-state index contributed by atoms with van der Waals surface area (Å²) in [5.74, 6) is -0.498. The molecular formula is C20H17FN4O2. The molecule has 27 heavy (non-hydrogen) atoms. The van der Waals surface area contributed by atoms with E-state index in [1.807, 2.05) is 11.8 Å². The van der Waals surface area contributed by atoms with Crippen LogP contribution in [0.3, 0.4) is 0 Å². The Balaban J connectivity index is 1.88. The fraction of sp³-hybridized carbons (Fsp3) is 0.150. The van der Waals surface area contributed by atoms with Gasteiger partial charge in [-0.05, 0) is 49.7 Å². The Hall–Kier alpha value is -3.48. The van der Waals surface area contributed by atoms with E-state index < -0.39 is 0 Å². The second kappa shape index (κ2) is 6.35. The van der Waals surface area contributed by atoms with Gasteiger partial charge in [0.05, 0.1) is 23.1 Å². The van der Waals surface area contributed by atoms with Gasteiger partial charge in [0, 0.05) is 23.6 Å². The van der Waals surface area contributed by atoms with Crippen LogP contribution in [0.2, 0.25) is 0 Å². The summed E-state index contributed by atoms with van der Waals surface area (Å²) in [6.45, 7) is 3.79. The molecular weight excluding hydrogens is 347 g/mol. The van der Waals surface area contributed by atoms with Crippen LogP contribution in [0.15, 0.2) is 53.6 Å². The first kappa shape index (κ1) is 17.0. The van der Waals surface area contributed by atoms with Crippen molar-refractivity contribution in [2.45, 2.75) is 13.8 Å². The maximum absolute atomic E-state index is 13.6. The molecule has 0 saturated heterocycles. The predicted molar refractivity (Wildman–Crippen MR) is 101 cm³/mol. The number of fused-ring (bicyclic) bond motifs is 1. The normalized spacial score (nSPS) is 13.7. The Bertz CT molecular complexity index is 1110. The third-order valence-corrected chi connectivity index (χ3v) is 4.68. The number of H-pyrrole nitrogens is 1. The Labute approximate surface area is 154 Å². The zero-order chi connectivity index (χ0) is 19.1. The molecule has 1 aliphatic heterocycles. The summed E-state index contributed by atoms with van der Waals surface area (Å²) in [7, 11) is 0. The van der Waals surface area contributed by atoms with Crippen LogP contribution in [0.1, 0.15) is 21.6 Å². The van der Waals surface area contributed by atoms with Gasteiger partial charge in [0.1, 0.15) is 12.5 Å². The first-order chi connectivity index (χ1) is 13.0. The summed E-state index contributed by atoms with van der Waals surface area (Å²) in [5, 5.41) is 0. The molecule has 0 atom stereocenters. The van der Waals surface area contributed by atoms with E-state index in [1.54, 1.807) is 42.4 Å². The molecule has 0 saturated carbocycles. The number of hydrogen-bond donors (Lipinski definition) is 1. The van der Waals surface area contributed by atoms with Crippen LogP contribution < -0.4 is 15.4 Å². The number of nitrogens with zero attached hydrogens (tertiary/aromatic N) is 3. The molecule has 4 rings (SSSR count). The van der Waals surface area contributed by atoms with E-state index >= 15 is 0 Å². The Morgan fingerprint density at radius 1 is 1.00 bits per heavy atom. The highest BCUT2D eigenvalue weighted by molar-refractivity contribution is 6.12. The number of halogens is 1. The minimum atomic E-state index is -0.316. The molecule has 1 N–H and O–H groups in total. The molecule has 0 radical (unpaired) electrons. The summed E-state index contributed by atoms with van der Waals surface area (Å²) < 4.78 is 13.6. The van der Waals surface area contributed by atoms with Gasteiger partial charge in [0.15, 0.2) is 0 Å². The first-order valence-corrected chi connectivity index (χ1v) is 8.45. The van der Waals surface area contributed by atoms with E-state index in [0.717, 1.165) is 11.3 Å². The number of benzene rings is 1. The maximum Gasteiger partial charge on any atom is 0.262 e.